The minimum atomic E-state index is -0.431. The van der Waals surface area contributed by atoms with E-state index in [1.165, 1.54) is 0 Å². The van der Waals surface area contributed by atoms with Crippen LogP contribution in [0.3, 0.4) is 0 Å². The smallest absolute Gasteiger partial charge is 0.0609 e. The third kappa shape index (κ3) is 5.91. The van der Waals surface area contributed by atoms with Crippen LogP contribution in [0.2, 0.25) is 0 Å². The third-order valence-corrected chi connectivity index (χ3v) is 6.50. The minimum absolute atomic E-state index is 0. The van der Waals surface area contributed by atoms with Gasteiger partial charge in [0.1, 0.15) is 0 Å². The Kier molecular flexibility index (Phi) is 14.9. The van der Waals surface area contributed by atoms with Crippen LogP contribution in [0.25, 0.3) is 10.6 Å². The van der Waals surface area contributed by atoms with Crippen LogP contribution in [0.5, 0.6) is 0 Å². The molecular formula is C22H26N2O4Y3-4. The monoisotopic (exact) mass is 649 g/mol. The van der Waals surface area contributed by atoms with E-state index >= 15 is 0 Å². The molecule has 2 saturated heterocycles. The van der Waals surface area contributed by atoms with Gasteiger partial charge < -0.3 is 44.7 Å². The number of imide groups is 2. The number of carbonyl (C=O) groups is 4. The molecule has 0 spiro atoms. The van der Waals surface area contributed by atoms with Crippen LogP contribution in [-0.2, 0) is 117 Å². The molecule has 4 aliphatic rings. The maximum Gasteiger partial charge on any atom is 0.0609 e. The number of allylic oxidation sites excluding steroid dienone is 4. The second kappa shape index (κ2) is 13.6. The van der Waals surface area contributed by atoms with Crippen molar-refractivity contribution in [3.63, 3.8) is 0 Å². The second-order valence-corrected chi connectivity index (χ2v) is 7.66. The second-order valence-electron chi connectivity index (χ2n) is 7.66. The number of amides is 4. The fourth-order valence-electron chi connectivity index (χ4n) is 5.31. The van der Waals surface area contributed by atoms with Crippen molar-refractivity contribution in [3.05, 3.63) is 62.9 Å². The summed E-state index contributed by atoms with van der Waals surface area (Å²) in [6, 6.07) is 0. The van der Waals surface area contributed by atoms with Gasteiger partial charge in [0.15, 0.2) is 0 Å². The molecule has 3 radical (unpaired) electrons. The average Bonchev–Trinajstić information content (AvgIpc) is 3.30. The van der Waals surface area contributed by atoms with Crippen LogP contribution >= 0.6 is 0 Å². The van der Waals surface area contributed by atoms with Gasteiger partial charge in [-0.1, -0.05) is 24.3 Å². The largest absolute Gasteiger partial charge is 0.595 e. The Hall–Kier alpha value is 0.812. The third-order valence-electron chi connectivity index (χ3n) is 6.50. The van der Waals surface area contributed by atoms with E-state index in [1.807, 2.05) is 12.2 Å². The number of hydrogen-bond acceptors (Lipinski definition) is 4. The number of nitrogens with zero attached hydrogens (tertiary/aromatic N) is 2. The van der Waals surface area contributed by atoms with E-state index in [-0.39, 0.29) is 160 Å². The molecule has 4 amide bonds. The summed E-state index contributed by atoms with van der Waals surface area (Å²) in [6.07, 6.45) is 8.69. The van der Waals surface area contributed by atoms with E-state index in [0.29, 0.717) is 12.8 Å². The van der Waals surface area contributed by atoms with E-state index in [0.717, 1.165) is 0 Å². The topological polar surface area (TPSA) is 96.5 Å². The minimum Gasteiger partial charge on any atom is -0.595 e. The molecule has 2 aliphatic heterocycles. The van der Waals surface area contributed by atoms with Crippen molar-refractivity contribution in [2.75, 3.05) is 0 Å². The van der Waals surface area contributed by atoms with E-state index in [2.05, 4.69) is 23.8 Å². The zero-order valence-corrected chi connectivity index (χ0v) is 26.5. The Labute approximate surface area is 260 Å². The fourth-order valence-corrected chi connectivity index (χ4v) is 5.31. The first-order valence-electron chi connectivity index (χ1n) is 8.98. The number of hydrogen-bond donors (Lipinski definition) is 0. The molecule has 9 heteroatoms. The van der Waals surface area contributed by atoms with Crippen molar-refractivity contribution >= 4 is 23.6 Å². The van der Waals surface area contributed by atoms with Crippen molar-refractivity contribution in [2.45, 2.75) is 12.8 Å². The standard InChI is InChI=1S/C20H22N2O4.2CH3.3Y/c1-3-9-7-11(15-13(9)17(23)21-19(15)25)5-6-12-8-10(4-2)14-16(12)20(26)22-18(14)24;;;;;/h3-6,9-16H,1-2,7-8H2,(H2,21,22,23,24,25,26);2*1H3;;;/q;2*-1;;;/p-2/b6-5-;;;;;/t9-,10+,11+,12-,13?,14?,15?,16?;;;;;. The molecule has 0 aromatic rings. The SMILES string of the molecule is C=C[C@@H]1C[C@H](/C=C\[C@@H]2C[C@H](C=C)C3C(=O)[N-]C(=O)C32)C2C(=O)[N-]C(=O)C21.[CH3-].[CH3-].[Y].[Y].[Y]. The average molecular weight is 649 g/mol. The predicted octanol–water partition coefficient (Wildman–Crippen LogP) is 3.43. The molecule has 2 saturated carbocycles. The van der Waals surface area contributed by atoms with Crippen molar-refractivity contribution in [3.8, 4) is 0 Å². The van der Waals surface area contributed by atoms with Gasteiger partial charge >= 0.3 is 0 Å². The summed E-state index contributed by atoms with van der Waals surface area (Å²) in [4.78, 5) is 48.2. The zero-order chi connectivity index (χ0) is 18.6. The van der Waals surface area contributed by atoms with Crippen LogP contribution in [0.15, 0.2) is 37.5 Å². The van der Waals surface area contributed by atoms with Crippen LogP contribution in [-0.4, -0.2) is 23.6 Å². The van der Waals surface area contributed by atoms with E-state index in [4.69, 9.17) is 0 Å². The summed E-state index contributed by atoms with van der Waals surface area (Å²) in [5.41, 5.74) is 0. The van der Waals surface area contributed by atoms with Gasteiger partial charge in [-0.2, -0.15) is 0 Å². The normalized spacial score (nSPS) is 37.0. The maximum absolute atomic E-state index is 12.1. The van der Waals surface area contributed by atoms with Gasteiger partial charge in [0.25, 0.3) is 0 Å². The molecule has 6 nitrogen and oxygen atoms in total. The molecule has 2 heterocycles. The molecule has 161 valence electrons. The van der Waals surface area contributed by atoms with Crippen molar-refractivity contribution < 1.29 is 117 Å². The van der Waals surface area contributed by atoms with Crippen molar-refractivity contribution in [2.24, 2.45) is 47.3 Å². The summed E-state index contributed by atoms with van der Waals surface area (Å²) in [5.74, 6) is -3.38. The first-order chi connectivity index (χ1) is 12.5. The maximum atomic E-state index is 12.1. The Bertz CT molecular complexity index is 708. The summed E-state index contributed by atoms with van der Waals surface area (Å²) in [6.45, 7) is 7.56. The molecule has 0 aromatic carbocycles. The summed E-state index contributed by atoms with van der Waals surface area (Å²) < 4.78 is 0. The Morgan fingerprint density at radius 2 is 0.839 bits per heavy atom. The van der Waals surface area contributed by atoms with Crippen LogP contribution in [0.1, 0.15) is 12.8 Å². The summed E-state index contributed by atoms with van der Waals surface area (Å²) in [5, 5.41) is 7.23. The quantitative estimate of drug-likeness (QED) is 0.265. The van der Waals surface area contributed by atoms with Crippen LogP contribution in [0.4, 0.5) is 0 Å². The Morgan fingerprint density at radius 3 is 1.10 bits per heavy atom. The van der Waals surface area contributed by atoms with Gasteiger partial charge in [-0.05, 0) is 36.5 Å². The number of rotatable bonds is 4. The molecule has 4 unspecified atom stereocenters. The van der Waals surface area contributed by atoms with Crippen molar-refractivity contribution in [1.82, 2.24) is 0 Å². The van der Waals surface area contributed by atoms with E-state index in [1.54, 1.807) is 12.2 Å². The number of carbonyl (C=O) groups excluding carboxylic acids is 4. The first kappa shape index (κ1) is 34.0. The van der Waals surface area contributed by atoms with Gasteiger partial charge in [-0.15, -0.1) is 13.2 Å². The first-order valence-corrected chi connectivity index (χ1v) is 8.98. The molecule has 4 rings (SSSR count). The molecule has 8 atom stereocenters. The molecule has 31 heavy (non-hydrogen) atoms. The van der Waals surface area contributed by atoms with Gasteiger partial charge in [-0.25, -0.2) is 0 Å². The van der Waals surface area contributed by atoms with Crippen molar-refractivity contribution in [1.29, 1.82) is 0 Å². The zero-order valence-electron chi connectivity index (χ0n) is 18.0. The van der Waals surface area contributed by atoms with E-state index in [9.17, 15) is 19.2 Å². The number of fused-ring (bicyclic) bond motifs is 2. The molecule has 0 aromatic heterocycles. The summed E-state index contributed by atoms with van der Waals surface area (Å²) in [7, 11) is 0. The van der Waals surface area contributed by atoms with Crippen LogP contribution in [0, 0.1) is 62.2 Å². The van der Waals surface area contributed by atoms with Gasteiger partial charge in [0.05, 0.1) is 23.6 Å². The van der Waals surface area contributed by atoms with Gasteiger partial charge in [-0.3, -0.25) is 0 Å². The predicted molar refractivity (Wildman–Crippen MR) is 106 cm³/mol. The van der Waals surface area contributed by atoms with Gasteiger partial charge in [0.2, 0.25) is 0 Å². The Balaban J connectivity index is 0. The Morgan fingerprint density at radius 1 is 0.581 bits per heavy atom. The fraction of sp³-hybridized carbons (Fsp3) is 0.455. The molecule has 4 fully saturated rings. The molecule has 0 N–H and O–H groups in total. The van der Waals surface area contributed by atoms with Crippen LogP contribution < -0.4 is 0 Å². The molecule has 2 aliphatic carbocycles. The van der Waals surface area contributed by atoms with Gasteiger partial charge in [0, 0.05) is 122 Å². The summed E-state index contributed by atoms with van der Waals surface area (Å²) >= 11 is 0. The molecular weight excluding hydrogens is 623 g/mol. The van der Waals surface area contributed by atoms with E-state index < -0.39 is 23.7 Å². The molecule has 0 bridgehead atoms.